The molecule has 6 nitrogen and oxygen atoms in total. The summed E-state index contributed by atoms with van der Waals surface area (Å²) in [5.41, 5.74) is 2.69. The molecule has 1 aromatic carbocycles. The van der Waals surface area contributed by atoms with Crippen molar-refractivity contribution in [3.05, 3.63) is 77.9 Å². The largest absolute Gasteiger partial charge is 0.419 e. The van der Waals surface area contributed by atoms with Crippen LogP contribution in [0.4, 0.5) is 30.5 Å². The standard InChI is InChI=1S/C24H22F3N5O/c25-24(26,27)19-13-29-23(30-14-19)32-20-4-1-3-17(12-20)11-16-6-8-18(9-7-16)22(33)31-21-5-2-10-28-15-21/h1-5,10-15,18H,6-9H2,(H,31,33)(H,29,30,32). The molecule has 9 heteroatoms. The third-order valence-corrected chi connectivity index (χ3v) is 5.42. The summed E-state index contributed by atoms with van der Waals surface area (Å²) in [4.78, 5) is 24.0. The molecule has 1 aliphatic rings. The molecule has 170 valence electrons. The monoisotopic (exact) mass is 453 g/mol. The zero-order valence-electron chi connectivity index (χ0n) is 17.6. The third kappa shape index (κ3) is 6.15. The van der Waals surface area contributed by atoms with Crippen LogP contribution in [0.1, 0.15) is 36.8 Å². The quantitative estimate of drug-likeness (QED) is 0.507. The zero-order chi connectivity index (χ0) is 23.3. The van der Waals surface area contributed by atoms with Crippen molar-refractivity contribution in [3.8, 4) is 0 Å². The maximum atomic E-state index is 12.7. The number of nitrogens with zero attached hydrogens (tertiary/aromatic N) is 3. The Morgan fingerprint density at radius 3 is 2.39 bits per heavy atom. The maximum absolute atomic E-state index is 12.7. The van der Waals surface area contributed by atoms with Crippen molar-refractivity contribution in [2.24, 2.45) is 5.92 Å². The number of halogens is 3. The van der Waals surface area contributed by atoms with Gasteiger partial charge in [0.2, 0.25) is 11.9 Å². The summed E-state index contributed by atoms with van der Waals surface area (Å²) in [7, 11) is 0. The average Bonchev–Trinajstić information content (AvgIpc) is 2.80. The molecule has 0 unspecified atom stereocenters. The Hall–Kier alpha value is -3.75. The molecular weight excluding hydrogens is 431 g/mol. The summed E-state index contributed by atoms with van der Waals surface area (Å²) in [5, 5.41) is 5.84. The summed E-state index contributed by atoms with van der Waals surface area (Å²) < 4.78 is 38.0. The van der Waals surface area contributed by atoms with Crippen LogP contribution in [0.25, 0.3) is 6.08 Å². The van der Waals surface area contributed by atoms with E-state index in [-0.39, 0.29) is 17.8 Å². The molecule has 4 rings (SSSR count). The van der Waals surface area contributed by atoms with Gasteiger partial charge in [0.1, 0.15) is 0 Å². The van der Waals surface area contributed by atoms with Crippen molar-refractivity contribution in [3.63, 3.8) is 0 Å². The van der Waals surface area contributed by atoms with E-state index in [0.717, 1.165) is 43.6 Å². The van der Waals surface area contributed by atoms with Gasteiger partial charge in [-0.2, -0.15) is 13.2 Å². The highest BCUT2D eigenvalue weighted by molar-refractivity contribution is 5.92. The first-order valence-electron chi connectivity index (χ1n) is 10.5. The van der Waals surface area contributed by atoms with Gasteiger partial charge in [0.05, 0.1) is 17.4 Å². The van der Waals surface area contributed by atoms with E-state index in [2.05, 4.69) is 31.7 Å². The molecule has 2 aromatic heterocycles. The first-order valence-corrected chi connectivity index (χ1v) is 10.5. The number of carbonyl (C=O) groups excluding carboxylic acids is 1. The van der Waals surface area contributed by atoms with Crippen LogP contribution in [0.5, 0.6) is 0 Å². The van der Waals surface area contributed by atoms with Crippen LogP contribution in [0.2, 0.25) is 0 Å². The van der Waals surface area contributed by atoms with E-state index in [9.17, 15) is 18.0 Å². The predicted octanol–water partition coefficient (Wildman–Crippen LogP) is 5.85. The molecule has 2 heterocycles. The molecule has 0 saturated heterocycles. The number of aromatic nitrogens is 3. The maximum Gasteiger partial charge on any atom is 0.419 e. The van der Waals surface area contributed by atoms with E-state index in [1.54, 1.807) is 24.5 Å². The van der Waals surface area contributed by atoms with Gasteiger partial charge in [-0.25, -0.2) is 9.97 Å². The minimum Gasteiger partial charge on any atom is -0.324 e. The van der Waals surface area contributed by atoms with E-state index in [1.807, 2.05) is 24.3 Å². The second kappa shape index (κ2) is 9.81. The van der Waals surface area contributed by atoms with Gasteiger partial charge in [-0.1, -0.05) is 23.8 Å². The van der Waals surface area contributed by atoms with Crippen LogP contribution < -0.4 is 10.6 Å². The zero-order valence-corrected chi connectivity index (χ0v) is 17.6. The van der Waals surface area contributed by atoms with E-state index in [0.29, 0.717) is 11.4 Å². The van der Waals surface area contributed by atoms with Gasteiger partial charge >= 0.3 is 6.18 Å². The van der Waals surface area contributed by atoms with Crippen molar-refractivity contribution in [2.45, 2.75) is 31.9 Å². The molecule has 0 spiro atoms. The molecule has 33 heavy (non-hydrogen) atoms. The first-order chi connectivity index (χ1) is 15.9. The molecule has 0 aliphatic heterocycles. The van der Waals surface area contributed by atoms with Crippen LogP contribution in [0.3, 0.4) is 0 Å². The fraction of sp³-hybridized carbons (Fsp3) is 0.250. The Labute approximate surface area is 189 Å². The lowest BCUT2D eigenvalue weighted by atomic mass is 9.84. The molecule has 0 bridgehead atoms. The first kappa shape index (κ1) is 22.4. The van der Waals surface area contributed by atoms with Crippen molar-refractivity contribution in [2.75, 3.05) is 10.6 Å². The number of carbonyl (C=O) groups is 1. The Morgan fingerprint density at radius 1 is 1.00 bits per heavy atom. The SMILES string of the molecule is O=C(Nc1cccnc1)C1CCC(=Cc2cccc(Nc3ncc(C(F)(F)F)cn3)c2)CC1. The minimum absolute atomic E-state index is 0.0183. The summed E-state index contributed by atoms with van der Waals surface area (Å²) in [5.74, 6) is 0.0740. The van der Waals surface area contributed by atoms with Crippen molar-refractivity contribution in [1.29, 1.82) is 0 Å². The lowest BCUT2D eigenvalue weighted by molar-refractivity contribution is -0.138. The second-order valence-electron chi connectivity index (χ2n) is 7.85. The fourth-order valence-electron chi connectivity index (χ4n) is 3.69. The molecule has 1 amide bonds. The van der Waals surface area contributed by atoms with Crippen molar-refractivity contribution in [1.82, 2.24) is 15.0 Å². The number of hydrogen-bond donors (Lipinski definition) is 2. The lowest BCUT2D eigenvalue weighted by Crippen LogP contribution is -2.25. The van der Waals surface area contributed by atoms with Crippen molar-refractivity contribution >= 4 is 29.3 Å². The molecule has 3 aromatic rings. The molecule has 0 radical (unpaired) electrons. The van der Waals surface area contributed by atoms with Gasteiger partial charge in [-0.3, -0.25) is 9.78 Å². The highest BCUT2D eigenvalue weighted by Gasteiger charge is 2.31. The number of benzene rings is 1. The number of alkyl halides is 3. The molecule has 2 N–H and O–H groups in total. The van der Waals surface area contributed by atoms with Gasteiger partial charge < -0.3 is 10.6 Å². The number of amides is 1. The van der Waals surface area contributed by atoms with Gasteiger partial charge in [0, 0.05) is 30.2 Å². The van der Waals surface area contributed by atoms with Crippen LogP contribution in [0, 0.1) is 5.92 Å². The number of rotatable bonds is 5. The molecule has 0 atom stereocenters. The Kier molecular flexibility index (Phi) is 6.67. The fourth-order valence-corrected chi connectivity index (χ4v) is 3.69. The Bertz CT molecular complexity index is 1120. The van der Waals surface area contributed by atoms with E-state index in [1.165, 1.54) is 5.57 Å². The molecule has 1 fully saturated rings. The lowest BCUT2D eigenvalue weighted by Gasteiger charge is -2.23. The van der Waals surface area contributed by atoms with Gasteiger partial charge in [0.25, 0.3) is 0 Å². The summed E-state index contributed by atoms with van der Waals surface area (Å²) in [6.45, 7) is 0. The highest BCUT2D eigenvalue weighted by atomic mass is 19.4. The molecular formula is C24H22F3N5O. The van der Waals surface area contributed by atoms with Crippen molar-refractivity contribution < 1.29 is 18.0 Å². The summed E-state index contributed by atoms with van der Waals surface area (Å²) in [6, 6.07) is 11.1. The summed E-state index contributed by atoms with van der Waals surface area (Å²) >= 11 is 0. The van der Waals surface area contributed by atoms with Crippen LogP contribution in [-0.2, 0) is 11.0 Å². The third-order valence-electron chi connectivity index (χ3n) is 5.42. The Balaban J connectivity index is 1.34. The number of anilines is 3. The number of pyridine rings is 1. The normalized spacial score (nSPS) is 16.2. The predicted molar refractivity (Wildman–Crippen MR) is 120 cm³/mol. The number of hydrogen-bond acceptors (Lipinski definition) is 5. The number of nitrogens with one attached hydrogen (secondary N) is 2. The van der Waals surface area contributed by atoms with E-state index in [4.69, 9.17) is 0 Å². The van der Waals surface area contributed by atoms with Crippen LogP contribution >= 0.6 is 0 Å². The van der Waals surface area contributed by atoms with E-state index < -0.39 is 11.7 Å². The average molecular weight is 453 g/mol. The second-order valence-corrected chi connectivity index (χ2v) is 7.85. The smallest absolute Gasteiger partial charge is 0.324 e. The summed E-state index contributed by atoms with van der Waals surface area (Å²) in [6.07, 6.45) is 5.61. The Morgan fingerprint density at radius 2 is 1.73 bits per heavy atom. The topological polar surface area (TPSA) is 79.8 Å². The van der Waals surface area contributed by atoms with Crippen LogP contribution in [0.15, 0.2) is 66.8 Å². The minimum atomic E-state index is -4.47. The highest BCUT2D eigenvalue weighted by Crippen LogP contribution is 2.31. The number of allylic oxidation sites excluding steroid dienone is 1. The van der Waals surface area contributed by atoms with Gasteiger partial charge in [-0.15, -0.1) is 0 Å². The molecule has 1 aliphatic carbocycles. The van der Waals surface area contributed by atoms with Gasteiger partial charge in [0.15, 0.2) is 0 Å². The van der Waals surface area contributed by atoms with Crippen LogP contribution in [-0.4, -0.2) is 20.9 Å². The van der Waals surface area contributed by atoms with Gasteiger partial charge in [-0.05, 0) is 55.5 Å². The molecule has 1 saturated carbocycles. The van der Waals surface area contributed by atoms with E-state index >= 15 is 0 Å².